The number of halogens is 1. The van der Waals surface area contributed by atoms with Crippen molar-refractivity contribution >= 4 is 34.2 Å². The van der Waals surface area contributed by atoms with Gasteiger partial charge < -0.3 is 15.0 Å². The molecule has 2 heterocycles. The Bertz CT molecular complexity index is 722. The molecule has 6 heteroatoms. The highest BCUT2D eigenvalue weighted by Crippen LogP contribution is 2.28. The zero-order valence-electron chi connectivity index (χ0n) is 13.8. The number of anilines is 1. The minimum absolute atomic E-state index is 0.104. The molecule has 128 valence electrons. The molecule has 24 heavy (non-hydrogen) atoms. The third kappa shape index (κ3) is 3.79. The van der Waals surface area contributed by atoms with Crippen LogP contribution in [0.3, 0.4) is 0 Å². The minimum atomic E-state index is -0.104. The van der Waals surface area contributed by atoms with Gasteiger partial charge in [-0.25, -0.2) is 4.79 Å². The van der Waals surface area contributed by atoms with E-state index in [0.717, 1.165) is 43.5 Å². The van der Waals surface area contributed by atoms with Crippen LogP contribution in [0.25, 0.3) is 10.9 Å². The maximum Gasteiger partial charge on any atom is 0.321 e. The quantitative estimate of drug-likeness (QED) is 0.896. The van der Waals surface area contributed by atoms with Gasteiger partial charge in [0.05, 0.1) is 22.3 Å². The number of ether oxygens (including phenoxy) is 1. The van der Waals surface area contributed by atoms with Gasteiger partial charge in [0.2, 0.25) is 0 Å². The number of benzene rings is 1. The predicted molar refractivity (Wildman–Crippen MR) is 96.6 cm³/mol. The van der Waals surface area contributed by atoms with Gasteiger partial charge in [-0.3, -0.25) is 4.98 Å². The van der Waals surface area contributed by atoms with Crippen molar-refractivity contribution in [1.29, 1.82) is 0 Å². The first-order valence-corrected chi connectivity index (χ1v) is 8.77. The van der Waals surface area contributed by atoms with Gasteiger partial charge in [0.25, 0.3) is 0 Å². The monoisotopic (exact) mass is 347 g/mol. The van der Waals surface area contributed by atoms with Crippen LogP contribution in [-0.2, 0) is 4.74 Å². The molecule has 1 fully saturated rings. The number of amides is 2. The summed E-state index contributed by atoms with van der Waals surface area (Å²) >= 11 is 6.18. The Morgan fingerprint density at radius 2 is 2.33 bits per heavy atom. The number of pyridine rings is 1. The van der Waals surface area contributed by atoms with E-state index < -0.39 is 0 Å². The Morgan fingerprint density at radius 3 is 3.17 bits per heavy atom. The fourth-order valence-corrected chi connectivity index (χ4v) is 3.20. The molecule has 3 rings (SSSR count). The molecule has 1 aliphatic rings. The molecule has 0 radical (unpaired) electrons. The van der Waals surface area contributed by atoms with Gasteiger partial charge in [-0.05, 0) is 43.5 Å². The van der Waals surface area contributed by atoms with E-state index in [4.69, 9.17) is 16.3 Å². The second-order valence-corrected chi connectivity index (χ2v) is 6.41. The topological polar surface area (TPSA) is 54.5 Å². The van der Waals surface area contributed by atoms with Crippen LogP contribution in [0, 0.1) is 0 Å². The van der Waals surface area contributed by atoms with Crippen LogP contribution in [0.4, 0.5) is 10.5 Å². The molecule has 0 aliphatic carbocycles. The summed E-state index contributed by atoms with van der Waals surface area (Å²) in [7, 11) is 0. The lowest BCUT2D eigenvalue weighted by atomic mass is 10.1. The summed E-state index contributed by atoms with van der Waals surface area (Å²) in [6.45, 7) is 4.22. The van der Waals surface area contributed by atoms with Crippen molar-refractivity contribution < 1.29 is 9.53 Å². The first kappa shape index (κ1) is 17.0. The Morgan fingerprint density at radius 1 is 1.46 bits per heavy atom. The molecular weight excluding hydrogens is 326 g/mol. The highest BCUT2D eigenvalue weighted by Gasteiger charge is 2.24. The second-order valence-electron chi connectivity index (χ2n) is 6.01. The number of nitrogens with zero attached hydrogens (tertiary/aromatic N) is 2. The molecule has 0 spiro atoms. The standard InChI is InChI=1S/C18H22ClN3O2/c1-2-11-24-13-5-4-10-22(12-13)18(23)21-16-8-7-15(19)17-14(16)6-3-9-20-17/h3,6-9,13H,2,4-5,10-12H2,1H3,(H,21,23)/t13-/m0/s1. The largest absolute Gasteiger partial charge is 0.376 e. The summed E-state index contributed by atoms with van der Waals surface area (Å²) in [6.07, 6.45) is 4.79. The summed E-state index contributed by atoms with van der Waals surface area (Å²) in [6, 6.07) is 7.22. The minimum Gasteiger partial charge on any atom is -0.376 e. The molecule has 2 aromatic rings. The molecular formula is C18H22ClN3O2. The Kier molecular flexibility index (Phi) is 5.53. The second kappa shape index (κ2) is 7.81. The summed E-state index contributed by atoms with van der Waals surface area (Å²) in [4.78, 5) is 18.7. The van der Waals surface area contributed by atoms with Crippen molar-refractivity contribution in [2.45, 2.75) is 32.3 Å². The van der Waals surface area contributed by atoms with E-state index in [0.29, 0.717) is 17.1 Å². The van der Waals surface area contributed by atoms with Crippen molar-refractivity contribution in [3.63, 3.8) is 0 Å². The molecule has 0 bridgehead atoms. The van der Waals surface area contributed by atoms with E-state index in [2.05, 4.69) is 17.2 Å². The number of carbonyl (C=O) groups is 1. The number of carbonyl (C=O) groups excluding carboxylic acids is 1. The number of hydrogen-bond acceptors (Lipinski definition) is 3. The summed E-state index contributed by atoms with van der Waals surface area (Å²) < 4.78 is 5.80. The molecule has 5 nitrogen and oxygen atoms in total. The zero-order chi connectivity index (χ0) is 16.9. The van der Waals surface area contributed by atoms with Crippen molar-refractivity contribution in [3.05, 3.63) is 35.5 Å². The van der Waals surface area contributed by atoms with Crippen molar-refractivity contribution in [1.82, 2.24) is 9.88 Å². The third-order valence-corrected chi connectivity index (χ3v) is 4.49. The number of hydrogen-bond donors (Lipinski definition) is 1. The number of rotatable bonds is 4. The normalized spacial score (nSPS) is 17.9. The van der Waals surface area contributed by atoms with E-state index in [9.17, 15) is 4.79 Å². The molecule has 1 aromatic carbocycles. The average molecular weight is 348 g/mol. The number of urea groups is 1. The lowest BCUT2D eigenvalue weighted by Gasteiger charge is -2.32. The SMILES string of the molecule is CCCO[C@H]1CCCN(C(=O)Nc2ccc(Cl)c3ncccc23)C1. The molecule has 0 unspecified atom stereocenters. The molecule has 1 aliphatic heterocycles. The highest BCUT2D eigenvalue weighted by atomic mass is 35.5. The van der Waals surface area contributed by atoms with E-state index in [1.165, 1.54) is 0 Å². The predicted octanol–water partition coefficient (Wildman–Crippen LogP) is 4.31. The van der Waals surface area contributed by atoms with Crippen molar-refractivity contribution in [2.75, 3.05) is 25.0 Å². The highest BCUT2D eigenvalue weighted by molar-refractivity contribution is 6.35. The van der Waals surface area contributed by atoms with Crippen LogP contribution < -0.4 is 5.32 Å². The Balaban J connectivity index is 1.72. The fourth-order valence-electron chi connectivity index (χ4n) is 2.98. The molecule has 2 amide bonds. The number of piperidine rings is 1. The number of nitrogens with one attached hydrogen (secondary N) is 1. The van der Waals surface area contributed by atoms with Gasteiger partial charge in [-0.1, -0.05) is 18.5 Å². The average Bonchev–Trinajstić information content (AvgIpc) is 2.63. The van der Waals surface area contributed by atoms with Crippen LogP contribution in [0.2, 0.25) is 5.02 Å². The summed E-state index contributed by atoms with van der Waals surface area (Å²) in [5.41, 5.74) is 1.42. The van der Waals surface area contributed by atoms with Crippen LogP contribution in [0.1, 0.15) is 26.2 Å². The first-order chi connectivity index (χ1) is 11.7. The third-order valence-electron chi connectivity index (χ3n) is 4.19. The van der Waals surface area contributed by atoms with E-state index >= 15 is 0 Å². The Hall–Kier alpha value is -1.85. The lowest BCUT2D eigenvalue weighted by Crippen LogP contribution is -2.45. The van der Waals surface area contributed by atoms with Crippen LogP contribution >= 0.6 is 11.6 Å². The van der Waals surface area contributed by atoms with Crippen LogP contribution in [0.15, 0.2) is 30.5 Å². The van der Waals surface area contributed by atoms with E-state index in [-0.39, 0.29) is 12.1 Å². The molecule has 0 saturated carbocycles. The number of aromatic nitrogens is 1. The first-order valence-electron chi connectivity index (χ1n) is 8.39. The molecule has 1 saturated heterocycles. The van der Waals surface area contributed by atoms with Crippen molar-refractivity contribution in [2.24, 2.45) is 0 Å². The summed E-state index contributed by atoms with van der Waals surface area (Å²) in [5.74, 6) is 0. The van der Waals surface area contributed by atoms with Gasteiger partial charge in [0.1, 0.15) is 0 Å². The Labute approximate surface area is 146 Å². The van der Waals surface area contributed by atoms with Gasteiger partial charge in [0, 0.05) is 31.3 Å². The maximum absolute atomic E-state index is 12.6. The zero-order valence-corrected chi connectivity index (χ0v) is 14.6. The van der Waals surface area contributed by atoms with Gasteiger partial charge in [0.15, 0.2) is 0 Å². The molecule has 1 aromatic heterocycles. The summed E-state index contributed by atoms with van der Waals surface area (Å²) in [5, 5.41) is 4.41. The fraction of sp³-hybridized carbons (Fsp3) is 0.444. The molecule has 1 N–H and O–H groups in total. The van der Waals surface area contributed by atoms with E-state index in [1.54, 1.807) is 12.3 Å². The van der Waals surface area contributed by atoms with Gasteiger partial charge in [-0.2, -0.15) is 0 Å². The van der Waals surface area contributed by atoms with Gasteiger partial charge in [-0.15, -0.1) is 0 Å². The number of fused-ring (bicyclic) bond motifs is 1. The van der Waals surface area contributed by atoms with E-state index in [1.807, 2.05) is 23.1 Å². The molecule has 1 atom stereocenters. The van der Waals surface area contributed by atoms with Crippen LogP contribution in [0.5, 0.6) is 0 Å². The maximum atomic E-state index is 12.6. The van der Waals surface area contributed by atoms with Crippen molar-refractivity contribution in [3.8, 4) is 0 Å². The van der Waals surface area contributed by atoms with Crippen LogP contribution in [-0.4, -0.2) is 41.7 Å². The lowest BCUT2D eigenvalue weighted by molar-refractivity contribution is 0.0115. The van der Waals surface area contributed by atoms with Gasteiger partial charge >= 0.3 is 6.03 Å². The smallest absolute Gasteiger partial charge is 0.321 e. The number of likely N-dealkylation sites (tertiary alicyclic amines) is 1.